The van der Waals surface area contributed by atoms with E-state index in [4.69, 9.17) is 0 Å². The fraction of sp³-hybridized carbons (Fsp3) is 0.462. The number of pyridine rings is 1. The molecule has 0 amide bonds. The van der Waals surface area contributed by atoms with Gasteiger partial charge in [0.15, 0.2) is 0 Å². The molecule has 0 bridgehead atoms. The second-order valence-electron chi connectivity index (χ2n) is 3.67. The van der Waals surface area contributed by atoms with Crippen molar-refractivity contribution >= 4 is 5.57 Å². The largest absolute Gasteiger partial charge is 0.256 e. The van der Waals surface area contributed by atoms with Crippen molar-refractivity contribution in [3.8, 4) is 0 Å². The van der Waals surface area contributed by atoms with Crippen molar-refractivity contribution in [2.75, 3.05) is 0 Å². The Bertz CT molecular complexity index is 300. The van der Waals surface area contributed by atoms with Crippen molar-refractivity contribution in [2.45, 2.75) is 41.0 Å². The van der Waals surface area contributed by atoms with Crippen molar-refractivity contribution in [3.05, 3.63) is 35.7 Å². The Kier molecular flexibility index (Phi) is 5.86. The molecule has 1 heteroatoms. The van der Waals surface area contributed by atoms with E-state index in [2.05, 4.69) is 38.4 Å². The van der Waals surface area contributed by atoms with Gasteiger partial charge in [-0.25, -0.2) is 0 Å². The fourth-order valence-electron chi connectivity index (χ4n) is 1.16. The minimum absolute atomic E-state index is 1.02. The van der Waals surface area contributed by atoms with Crippen LogP contribution in [0, 0.1) is 13.8 Å². The third kappa shape index (κ3) is 4.22. The highest BCUT2D eigenvalue weighted by Gasteiger charge is 1.98. The van der Waals surface area contributed by atoms with Gasteiger partial charge in [0.2, 0.25) is 0 Å². The lowest BCUT2D eigenvalue weighted by molar-refractivity contribution is 1.09. The summed E-state index contributed by atoms with van der Waals surface area (Å²) in [6.07, 6.45) is 3.12. The summed E-state index contributed by atoms with van der Waals surface area (Å²) in [5.74, 6) is 0. The van der Waals surface area contributed by atoms with Crippen LogP contribution in [0.2, 0.25) is 0 Å². The first-order valence-electron chi connectivity index (χ1n) is 5.12. The first kappa shape index (κ1) is 12.9. The van der Waals surface area contributed by atoms with Gasteiger partial charge in [-0.3, -0.25) is 4.98 Å². The smallest absolute Gasteiger partial charge is 0.0682 e. The van der Waals surface area contributed by atoms with Gasteiger partial charge in [-0.2, -0.15) is 0 Å². The second kappa shape index (κ2) is 6.36. The van der Waals surface area contributed by atoms with Gasteiger partial charge in [-0.1, -0.05) is 32.9 Å². The summed E-state index contributed by atoms with van der Waals surface area (Å²) in [6, 6.07) is 2.12. The molecule has 14 heavy (non-hydrogen) atoms. The van der Waals surface area contributed by atoms with Crippen LogP contribution < -0.4 is 0 Å². The van der Waals surface area contributed by atoms with Gasteiger partial charge in [0.1, 0.15) is 0 Å². The predicted octanol–water partition coefficient (Wildman–Crippen LogP) is 4.15. The monoisotopic (exact) mass is 191 g/mol. The summed E-state index contributed by atoms with van der Waals surface area (Å²) in [4.78, 5) is 4.28. The molecule has 0 aliphatic rings. The molecule has 1 rings (SSSR count). The van der Waals surface area contributed by atoms with Crippen LogP contribution in [-0.4, -0.2) is 4.98 Å². The first-order chi connectivity index (χ1) is 6.52. The van der Waals surface area contributed by atoms with E-state index in [9.17, 15) is 0 Å². The Morgan fingerprint density at radius 2 is 1.86 bits per heavy atom. The standard InChI is InChI=1S/C10H13N.C3H8/c1-7(2)10-9(4)5-8(3)6-11-10;1-3-2/h5-6H,1H2,2-4H3;3H2,1-2H3. The molecule has 0 radical (unpaired) electrons. The number of hydrogen-bond acceptors (Lipinski definition) is 1. The van der Waals surface area contributed by atoms with E-state index < -0.39 is 0 Å². The van der Waals surface area contributed by atoms with Gasteiger partial charge in [-0.15, -0.1) is 0 Å². The normalized spacial score (nSPS) is 8.93. The van der Waals surface area contributed by atoms with Crippen LogP contribution in [0.15, 0.2) is 18.8 Å². The molecule has 0 N–H and O–H groups in total. The summed E-state index contributed by atoms with van der Waals surface area (Å²) >= 11 is 0. The zero-order valence-corrected chi connectivity index (χ0v) is 10.0. The van der Waals surface area contributed by atoms with Gasteiger partial charge in [0, 0.05) is 6.20 Å². The van der Waals surface area contributed by atoms with E-state index in [1.54, 1.807) is 0 Å². The van der Waals surface area contributed by atoms with Gasteiger partial charge in [0.25, 0.3) is 0 Å². The molecule has 0 aromatic carbocycles. The zero-order chi connectivity index (χ0) is 11.1. The van der Waals surface area contributed by atoms with Crippen LogP contribution in [-0.2, 0) is 0 Å². The van der Waals surface area contributed by atoms with E-state index in [-0.39, 0.29) is 0 Å². The van der Waals surface area contributed by atoms with Crippen LogP contribution >= 0.6 is 0 Å². The summed E-state index contributed by atoms with van der Waals surface area (Å²) in [6.45, 7) is 14.2. The average molecular weight is 191 g/mol. The van der Waals surface area contributed by atoms with E-state index in [0.717, 1.165) is 11.3 Å². The lowest BCUT2D eigenvalue weighted by atomic mass is 10.1. The van der Waals surface area contributed by atoms with Gasteiger partial charge < -0.3 is 0 Å². The molecule has 78 valence electrons. The SMILES string of the molecule is C=C(C)c1ncc(C)cc1C.CCC. The number of aromatic nitrogens is 1. The number of allylic oxidation sites excluding steroid dienone is 1. The van der Waals surface area contributed by atoms with Crippen molar-refractivity contribution in [1.29, 1.82) is 0 Å². The molecule has 0 fully saturated rings. The maximum atomic E-state index is 4.28. The Hall–Kier alpha value is -1.11. The van der Waals surface area contributed by atoms with E-state index in [1.165, 1.54) is 17.5 Å². The topological polar surface area (TPSA) is 12.9 Å². The summed E-state index contributed by atoms with van der Waals surface area (Å²) in [7, 11) is 0. The Balaban J connectivity index is 0.000000500. The Morgan fingerprint density at radius 3 is 2.21 bits per heavy atom. The highest BCUT2D eigenvalue weighted by molar-refractivity contribution is 5.60. The van der Waals surface area contributed by atoms with Crippen molar-refractivity contribution < 1.29 is 0 Å². The summed E-state index contributed by atoms with van der Waals surface area (Å²) < 4.78 is 0. The lowest BCUT2D eigenvalue weighted by Crippen LogP contribution is -1.90. The molecule has 1 aromatic heterocycles. The number of hydrogen-bond donors (Lipinski definition) is 0. The molecule has 1 heterocycles. The van der Waals surface area contributed by atoms with Gasteiger partial charge in [-0.05, 0) is 37.5 Å². The Labute approximate surface area is 87.9 Å². The lowest BCUT2D eigenvalue weighted by Gasteiger charge is -2.03. The number of nitrogens with zero attached hydrogens (tertiary/aromatic N) is 1. The number of aryl methyl sites for hydroxylation is 2. The molecule has 1 nitrogen and oxygen atoms in total. The second-order valence-corrected chi connectivity index (χ2v) is 3.67. The first-order valence-corrected chi connectivity index (χ1v) is 5.12. The quantitative estimate of drug-likeness (QED) is 0.650. The van der Waals surface area contributed by atoms with Crippen LogP contribution in [0.5, 0.6) is 0 Å². The molecule has 1 aromatic rings. The molecule has 0 unspecified atom stereocenters. The highest BCUT2D eigenvalue weighted by atomic mass is 14.7. The molecule has 0 atom stereocenters. The maximum Gasteiger partial charge on any atom is 0.0682 e. The number of rotatable bonds is 1. The third-order valence-corrected chi connectivity index (χ3v) is 1.62. The van der Waals surface area contributed by atoms with E-state index in [0.29, 0.717) is 0 Å². The molecular formula is C13H21N. The van der Waals surface area contributed by atoms with Gasteiger partial charge >= 0.3 is 0 Å². The van der Waals surface area contributed by atoms with E-state index >= 15 is 0 Å². The summed E-state index contributed by atoms with van der Waals surface area (Å²) in [5, 5.41) is 0. The van der Waals surface area contributed by atoms with Crippen LogP contribution in [0.4, 0.5) is 0 Å². The molecule has 0 saturated heterocycles. The molecule has 0 aliphatic heterocycles. The zero-order valence-electron chi connectivity index (χ0n) is 10.0. The maximum absolute atomic E-state index is 4.28. The minimum Gasteiger partial charge on any atom is -0.256 e. The minimum atomic E-state index is 1.02. The van der Waals surface area contributed by atoms with Crippen molar-refractivity contribution in [1.82, 2.24) is 4.98 Å². The molecule has 0 aliphatic carbocycles. The third-order valence-electron chi connectivity index (χ3n) is 1.62. The molecule has 0 saturated carbocycles. The van der Waals surface area contributed by atoms with Crippen LogP contribution in [0.25, 0.3) is 5.57 Å². The molecular weight excluding hydrogens is 170 g/mol. The van der Waals surface area contributed by atoms with Gasteiger partial charge in [0.05, 0.1) is 5.69 Å². The van der Waals surface area contributed by atoms with Crippen molar-refractivity contribution in [2.24, 2.45) is 0 Å². The average Bonchev–Trinajstić information content (AvgIpc) is 2.04. The Morgan fingerprint density at radius 1 is 1.36 bits per heavy atom. The van der Waals surface area contributed by atoms with E-state index in [1.807, 2.05) is 20.0 Å². The van der Waals surface area contributed by atoms with Crippen LogP contribution in [0.3, 0.4) is 0 Å². The molecule has 0 spiro atoms. The summed E-state index contributed by atoms with van der Waals surface area (Å²) in [5.41, 5.74) is 4.46. The van der Waals surface area contributed by atoms with Crippen molar-refractivity contribution in [3.63, 3.8) is 0 Å². The highest BCUT2D eigenvalue weighted by Crippen LogP contribution is 2.13. The fourth-order valence-corrected chi connectivity index (χ4v) is 1.16. The predicted molar refractivity (Wildman–Crippen MR) is 64.4 cm³/mol. The van der Waals surface area contributed by atoms with Crippen LogP contribution in [0.1, 0.15) is 44.0 Å².